The van der Waals surface area contributed by atoms with Gasteiger partial charge in [0.2, 0.25) is 15.9 Å². The van der Waals surface area contributed by atoms with Crippen LogP contribution in [0.4, 0.5) is 5.69 Å². The van der Waals surface area contributed by atoms with Crippen LogP contribution in [0.25, 0.3) is 0 Å². The fraction of sp³-hybridized carbons (Fsp3) is 0.462. The summed E-state index contributed by atoms with van der Waals surface area (Å²) in [5.41, 5.74) is 5.78. The standard InChI is InChI=1S/C13H17N3O6S/c1-8-5-10(16(18)19)6-12(9(8)2)23(20,21)15-3-4-22-11(7-15)13(14)17/h5-6,11H,3-4,7H2,1-2H3,(H2,14,17)/t11-/m1/s1. The Morgan fingerprint density at radius 1 is 1.43 bits per heavy atom. The number of carbonyl (C=O) groups is 1. The summed E-state index contributed by atoms with van der Waals surface area (Å²) >= 11 is 0. The summed E-state index contributed by atoms with van der Waals surface area (Å²) in [5.74, 6) is -0.753. The van der Waals surface area contributed by atoms with E-state index in [4.69, 9.17) is 10.5 Å². The lowest BCUT2D eigenvalue weighted by molar-refractivity contribution is -0.385. The lowest BCUT2D eigenvalue weighted by Crippen LogP contribution is -2.50. The zero-order valence-electron chi connectivity index (χ0n) is 12.7. The molecule has 9 nitrogen and oxygen atoms in total. The van der Waals surface area contributed by atoms with Crippen LogP contribution < -0.4 is 5.73 Å². The van der Waals surface area contributed by atoms with Crippen molar-refractivity contribution in [2.75, 3.05) is 19.7 Å². The number of carbonyl (C=O) groups excluding carboxylic acids is 1. The highest BCUT2D eigenvalue weighted by atomic mass is 32.2. The summed E-state index contributed by atoms with van der Waals surface area (Å²) in [7, 11) is -4.00. The van der Waals surface area contributed by atoms with E-state index in [1.54, 1.807) is 13.8 Å². The van der Waals surface area contributed by atoms with Crippen molar-refractivity contribution in [3.63, 3.8) is 0 Å². The van der Waals surface area contributed by atoms with Crippen LogP contribution in [-0.4, -0.2) is 49.4 Å². The number of nitrogens with zero attached hydrogens (tertiary/aromatic N) is 2. The number of hydrogen-bond donors (Lipinski definition) is 1. The average Bonchev–Trinajstić information content (AvgIpc) is 2.49. The first-order valence-electron chi connectivity index (χ1n) is 6.81. The Morgan fingerprint density at radius 3 is 2.65 bits per heavy atom. The van der Waals surface area contributed by atoms with Crippen LogP contribution in [0.5, 0.6) is 0 Å². The number of nitro groups is 1. The zero-order valence-corrected chi connectivity index (χ0v) is 13.5. The van der Waals surface area contributed by atoms with E-state index >= 15 is 0 Å². The van der Waals surface area contributed by atoms with Crippen LogP contribution in [0.3, 0.4) is 0 Å². The third-order valence-corrected chi connectivity index (χ3v) is 5.77. The molecular weight excluding hydrogens is 326 g/mol. The van der Waals surface area contributed by atoms with Crippen LogP contribution >= 0.6 is 0 Å². The summed E-state index contributed by atoms with van der Waals surface area (Å²) < 4.78 is 31.8. The number of sulfonamides is 1. The molecule has 1 heterocycles. The first-order valence-corrected chi connectivity index (χ1v) is 8.25. The van der Waals surface area contributed by atoms with Crippen molar-refractivity contribution < 1.29 is 22.9 Å². The van der Waals surface area contributed by atoms with Crippen molar-refractivity contribution in [1.82, 2.24) is 4.31 Å². The minimum absolute atomic E-state index is 0.0276. The molecular formula is C13H17N3O6S. The smallest absolute Gasteiger partial charge is 0.271 e. The molecule has 0 spiro atoms. The minimum Gasteiger partial charge on any atom is -0.367 e. The van der Waals surface area contributed by atoms with Gasteiger partial charge < -0.3 is 10.5 Å². The van der Waals surface area contributed by atoms with Crippen molar-refractivity contribution in [1.29, 1.82) is 0 Å². The molecule has 0 aromatic heterocycles. The Morgan fingerprint density at radius 2 is 2.09 bits per heavy atom. The van der Waals surface area contributed by atoms with Gasteiger partial charge >= 0.3 is 0 Å². The Hall–Kier alpha value is -2.04. The maximum absolute atomic E-state index is 12.8. The second kappa shape index (κ2) is 6.22. The van der Waals surface area contributed by atoms with Crippen LogP contribution in [0, 0.1) is 24.0 Å². The van der Waals surface area contributed by atoms with Gasteiger partial charge in [-0.2, -0.15) is 4.31 Å². The van der Waals surface area contributed by atoms with Gasteiger partial charge in [-0.3, -0.25) is 14.9 Å². The van der Waals surface area contributed by atoms with Crippen molar-refractivity contribution in [2.45, 2.75) is 24.8 Å². The van der Waals surface area contributed by atoms with Gasteiger partial charge in [0.1, 0.15) is 6.10 Å². The molecule has 0 aliphatic carbocycles. The summed E-state index contributed by atoms with van der Waals surface area (Å²) in [6, 6.07) is 2.35. The molecule has 2 N–H and O–H groups in total. The van der Waals surface area contributed by atoms with Crippen LogP contribution in [0.15, 0.2) is 17.0 Å². The summed E-state index contributed by atoms with van der Waals surface area (Å²) in [6.07, 6.45) is -1.03. The zero-order chi connectivity index (χ0) is 17.4. The number of benzene rings is 1. The number of morpholine rings is 1. The van der Waals surface area contributed by atoms with E-state index in [-0.39, 0.29) is 30.3 Å². The molecule has 0 radical (unpaired) electrons. The molecule has 23 heavy (non-hydrogen) atoms. The monoisotopic (exact) mass is 343 g/mol. The predicted molar refractivity (Wildman–Crippen MR) is 80.3 cm³/mol. The van der Waals surface area contributed by atoms with E-state index in [0.29, 0.717) is 11.1 Å². The molecule has 1 aliphatic heterocycles. The van der Waals surface area contributed by atoms with E-state index in [1.165, 1.54) is 6.07 Å². The second-order valence-electron chi connectivity index (χ2n) is 5.27. The Balaban J connectivity index is 2.47. The van der Waals surface area contributed by atoms with Gasteiger partial charge in [-0.1, -0.05) is 0 Å². The fourth-order valence-electron chi connectivity index (χ4n) is 2.34. The first-order chi connectivity index (χ1) is 10.6. The molecule has 0 bridgehead atoms. The number of nitro benzene ring substituents is 1. The quantitative estimate of drug-likeness (QED) is 0.608. The summed E-state index contributed by atoms with van der Waals surface area (Å²) in [4.78, 5) is 21.4. The Kier molecular flexibility index (Phi) is 4.68. The van der Waals surface area contributed by atoms with Crippen LogP contribution in [0.2, 0.25) is 0 Å². The highest BCUT2D eigenvalue weighted by Gasteiger charge is 2.35. The molecule has 0 saturated carbocycles. The average molecular weight is 343 g/mol. The normalized spacial score (nSPS) is 19.5. The van der Waals surface area contributed by atoms with Crippen LogP contribution in [0.1, 0.15) is 11.1 Å². The molecule has 10 heteroatoms. The topological polar surface area (TPSA) is 133 Å². The third kappa shape index (κ3) is 3.33. The maximum Gasteiger partial charge on any atom is 0.271 e. The van der Waals surface area contributed by atoms with E-state index in [9.17, 15) is 23.3 Å². The molecule has 1 atom stereocenters. The van der Waals surface area contributed by atoms with Crippen molar-refractivity contribution in [3.8, 4) is 0 Å². The van der Waals surface area contributed by atoms with E-state index in [2.05, 4.69) is 0 Å². The molecule has 1 aliphatic rings. The van der Waals surface area contributed by atoms with Gasteiger partial charge in [0.25, 0.3) is 5.69 Å². The molecule has 126 valence electrons. The SMILES string of the molecule is Cc1cc([N+](=O)[O-])cc(S(=O)(=O)N2CCO[C@@H](C(N)=O)C2)c1C. The van der Waals surface area contributed by atoms with Gasteiger partial charge in [0.05, 0.1) is 16.4 Å². The van der Waals surface area contributed by atoms with Crippen molar-refractivity contribution >= 4 is 21.6 Å². The number of hydrogen-bond acceptors (Lipinski definition) is 6. The highest BCUT2D eigenvalue weighted by Crippen LogP contribution is 2.28. The van der Waals surface area contributed by atoms with E-state index in [0.717, 1.165) is 10.4 Å². The van der Waals surface area contributed by atoms with Crippen LogP contribution in [-0.2, 0) is 19.6 Å². The molecule has 2 rings (SSSR count). The number of nitrogens with two attached hydrogens (primary N) is 1. The predicted octanol–water partition coefficient (Wildman–Crippen LogP) is 0.0864. The number of ether oxygens (including phenoxy) is 1. The number of primary amides is 1. The summed E-state index contributed by atoms with van der Waals surface area (Å²) in [5, 5.41) is 11.0. The highest BCUT2D eigenvalue weighted by molar-refractivity contribution is 7.89. The van der Waals surface area contributed by atoms with Gasteiger partial charge in [-0.25, -0.2) is 8.42 Å². The number of aryl methyl sites for hydroxylation is 1. The second-order valence-corrected chi connectivity index (χ2v) is 7.17. The number of rotatable bonds is 4. The summed E-state index contributed by atoms with van der Waals surface area (Å²) in [6.45, 7) is 3.05. The Bertz CT molecular complexity index is 761. The van der Waals surface area contributed by atoms with Crippen molar-refractivity contribution in [2.24, 2.45) is 5.73 Å². The largest absolute Gasteiger partial charge is 0.367 e. The lowest BCUT2D eigenvalue weighted by Gasteiger charge is -2.31. The molecule has 1 fully saturated rings. The maximum atomic E-state index is 12.8. The first kappa shape index (κ1) is 17.3. The fourth-order valence-corrected chi connectivity index (χ4v) is 4.08. The number of non-ortho nitro benzene ring substituents is 1. The van der Waals surface area contributed by atoms with E-state index < -0.39 is 27.0 Å². The lowest BCUT2D eigenvalue weighted by atomic mass is 10.1. The molecule has 1 saturated heterocycles. The van der Waals surface area contributed by atoms with Gasteiger partial charge in [0.15, 0.2) is 0 Å². The third-order valence-electron chi connectivity index (χ3n) is 3.78. The molecule has 1 aromatic carbocycles. The number of amides is 1. The molecule has 1 aromatic rings. The molecule has 0 unspecified atom stereocenters. The van der Waals surface area contributed by atoms with Gasteiger partial charge in [-0.05, 0) is 25.0 Å². The van der Waals surface area contributed by atoms with E-state index in [1.807, 2.05) is 0 Å². The van der Waals surface area contributed by atoms with Gasteiger partial charge in [-0.15, -0.1) is 0 Å². The molecule has 1 amide bonds. The Labute approximate surface area is 133 Å². The minimum atomic E-state index is -4.00. The van der Waals surface area contributed by atoms with Crippen molar-refractivity contribution in [3.05, 3.63) is 33.4 Å². The van der Waals surface area contributed by atoms with Gasteiger partial charge in [0, 0.05) is 25.2 Å².